The van der Waals surface area contributed by atoms with Crippen molar-refractivity contribution in [3.63, 3.8) is 0 Å². The highest BCUT2D eigenvalue weighted by Gasteiger charge is 2.16. The smallest absolute Gasteiger partial charge is 0.257 e. The van der Waals surface area contributed by atoms with Crippen molar-refractivity contribution < 1.29 is 4.79 Å². The molecule has 0 heterocycles. The minimum absolute atomic E-state index is 0.214. The van der Waals surface area contributed by atoms with Gasteiger partial charge in [0, 0.05) is 0 Å². The maximum absolute atomic E-state index is 12.2. The van der Waals surface area contributed by atoms with Crippen LogP contribution in [0.4, 0.5) is 11.4 Å². The Bertz CT molecular complexity index is 686. The van der Waals surface area contributed by atoms with Crippen LogP contribution in [0.25, 0.3) is 0 Å². The summed E-state index contributed by atoms with van der Waals surface area (Å²) >= 11 is 18.1. The van der Waals surface area contributed by atoms with Gasteiger partial charge in [-0.05, 0) is 30.7 Å². The van der Waals surface area contributed by atoms with Gasteiger partial charge in [-0.25, -0.2) is 0 Å². The summed E-state index contributed by atoms with van der Waals surface area (Å²) in [6.45, 7) is 1.82. The predicted molar refractivity (Wildman–Crippen MR) is 85.0 cm³/mol. The standard InChI is InChI=1S/C14H11Cl3N2O/c1-7-5-6-10(16)13(11(7)17)19-14(20)8-3-2-4-9(15)12(8)18/h2-6H,18H2,1H3,(H,19,20). The second kappa shape index (κ2) is 5.92. The minimum atomic E-state index is -0.417. The van der Waals surface area contributed by atoms with Crippen LogP contribution in [0.1, 0.15) is 15.9 Å². The lowest BCUT2D eigenvalue weighted by molar-refractivity contribution is 0.102. The Hall–Kier alpha value is -1.42. The fourth-order valence-electron chi connectivity index (χ4n) is 1.69. The van der Waals surface area contributed by atoms with Gasteiger partial charge in [0.1, 0.15) is 0 Å². The quantitative estimate of drug-likeness (QED) is 0.778. The van der Waals surface area contributed by atoms with Crippen molar-refractivity contribution in [1.29, 1.82) is 0 Å². The number of benzene rings is 2. The van der Waals surface area contributed by atoms with Crippen LogP contribution in [0.2, 0.25) is 15.1 Å². The van der Waals surface area contributed by atoms with Gasteiger partial charge in [0.2, 0.25) is 0 Å². The molecule has 0 saturated heterocycles. The van der Waals surface area contributed by atoms with E-state index in [9.17, 15) is 4.79 Å². The Labute approximate surface area is 131 Å². The van der Waals surface area contributed by atoms with E-state index in [1.54, 1.807) is 30.3 Å². The van der Waals surface area contributed by atoms with Crippen LogP contribution in [0.3, 0.4) is 0 Å². The number of aryl methyl sites for hydroxylation is 1. The van der Waals surface area contributed by atoms with Gasteiger partial charge < -0.3 is 11.1 Å². The van der Waals surface area contributed by atoms with Crippen molar-refractivity contribution in [2.45, 2.75) is 6.92 Å². The first kappa shape index (κ1) is 15.0. The third-order valence-electron chi connectivity index (χ3n) is 2.82. The molecule has 20 heavy (non-hydrogen) atoms. The van der Waals surface area contributed by atoms with Gasteiger partial charge in [0.25, 0.3) is 5.91 Å². The largest absolute Gasteiger partial charge is 0.397 e. The summed E-state index contributed by atoms with van der Waals surface area (Å²) in [4.78, 5) is 12.2. The van der Waals surface area contributed by atoms with E-state index in [4.69, 9.17) is 40.5 Å². The number of halogens is 3. The molecule has 2 rings (SSSR count). The van der Waals surface area contributed by atoms with Crippen molar-refractivity contribution >= 4 is 52.1 Å². The molecule has 0 atom stereocenters. The molecule has 0 aliphatic heterocycles. The van der Waals surface area contributed by atoms with E-state index in [0.717, 1.165) is 5.56 Å². The van der Waals surface area contributed by atoms with E-state index < -0.39 is 5.91 Å². The molecule has 0 fully saturated rings. The van der Waals surface area contributed by atoms with Crippen molar-refractivity contribution in [3.8, 4) is 0 Å². The molecule has 2 aromatic rings. The Morgan fingerprint density at radius 1 is 1.10 bits per heavy atom. The highest BCUT2D eigenvalue weighted by Crippen LogP contribution is 2.33. The minimum Gasteiger partial charge on any atom is -0.397 e. The number of nitrogens with one attached hydrogen (secondary N) is 1. The van der Waals surface area contributed by atoms with Gasteiger partial charge in [-0.2, -0.15) is 0 Å². The lowest BCUT2D eigenvalue weighted by Crippen LogP contribution is -2.15. The Morgan fingerprint density at radius 3 is 2.50 bits per heavy atom. The summed E-state index contributed by atoms with van der Waals surface area (Å²) in [7, 11) is 0. The fraction of sp³-hybridized carbons (Fsp3) is 0.0714. The van der Waals surface area contributed by atoms with Crippen molar-refractivity contribution in [2.24, 2.45) is 0 Å². The normalized spacial score (nSPS) is 10.4. The number of para-hydroxylation sites is 1. The van der Waals surface area contributed by atoms with Crippen LogP contribution < -0.4 is 11.1 Å². The highest BCUT2D eigenvalue weighted by atomic mass is 35.5. The second-order valence-electron chi connectivity index (χ2n) is 4.21. The first-order valence-corrected chi connectivity index (χ1v) is 6.85. The summed E-state index contributed by atoms with van der Waals surface area (Å²) in [5, 5.41) is 3.73. The molecule has 1 amide bonds. The molecule has 0 spiro atoms. The molecule has 3 nitrogen and oxygen atoms in total. The number of nitrogen functional groups attached to an aromatic ring is 1. The van der Waals surface area contributed by atoms with Gasteiger partial charge in [-0.3, -0.25) is 4.79 Å². The van der Waals surface area contributed by atoms with E-state index in [1.165, 1.54) is 0 Å². The van der Waals surface area contributed by atoms with E-state index >= 15 is 0 Å². The van der Waals surface area contributed by atoms with E-state index in [0.29, 0.717) is 20.8 Å². The zero-order valence-corrected chi connectivity index (χ0v) is 12.8. The van der Waals surface area contributed by atoms with Crippen LogP contribution in [-0.2, 0) is 0 Å². The van der Waals surface area contributed by atoms with Crippen molar-refractivity contribution in [1.82, 2.24) is 0 Å². The topological polar surface area (TPSA) is 55.1 Å². The summed E-state index contributed by atoms with van der Waals surface area (Å²) in [5.74, 6) is -0.417. The second-order valence-corrected chi connectivity index (χ2v) is 5.40. The Morgan fingerprint density at radius 2 is 1.80 bits per heavy atom. The van der Waals surface area contributed by atoms with Gasteiger partial charge in [0.05, 0.1) is 32.0 Å². The third-order valence-corrected chi connectivity index (χ3v) is 3.95. The van der Waals surface area contributed by atoms with Crippen LogP contribution >= 0.6 is 34.8 Å². The molecule has 0 saturated carbocycles. The lowest BCUT2D eigenvalue weighted by Gasteiger charge is -2.12. The zero-order chi connectivity index (χ0) is 14.9. The average molecular weight is 330 g/mol. The molecular weight excluding hydrogens is 319 g/mol. The molecule has 0 aliphatic rings. The van der Waals surface area contributed by atoms with Crippen LogP contribution in [0, 0.1) is 6.92 Å². The molecular formula is C14H11Cl3N2O. The van der Waals surface area contributed by atoms with Crippen LogP contribution in [0.5, 0.6) is 0 Å². The molecule has 3 N–H and O–H groups in total. The maximum atomic E-state index is 12.2. The first-order valence-electron chi connectivity index (χ1n) is 5.71. The summed E-state index contributed by atoms with van der Waals surface area (Å²) in [6, 6.07) is 8.27. The fourth-order valence-corrected chi connectivity index (χ4v) is 2.33. The SMILES string of the molecule is Cc1ccc(Cl)c(NC(=O)c2cccc(Cl)c2N)c1Cl. The number of carbonyl (C=O) groups is 1. The molecule has 0 radical (unpaired) electrons. The maximum Gasteiger partial charge on any atom is 0.257 e. The molecule has 104 valence electrons. The zero-order valence-electron chi connectivity index (χ0n) is 10.5. The average Bonchev–Trinajstić information content (AvgIpc) is 2.42. The Balaban J connectivity index is 2.38. The van der Waals surface area contributed by atoms with E-state index in [-0.39, 0.29) is 11.3 Å². The first-order chi connectivity index (χ1) is 9.41. The number of amides is 1. The van der Waals surface area contributed by atoms with Crippen LogP contribution in [0.15, 0.2) is 30.3 Å². The molecule has 0 aromatic heterocycles. The molecule has 6 heteroatoms. The highest BCUT2D eigenvalue weighted by molar-refractivity contribution is 6.40. The summed E-state index contributed by atoms with van der Waals surface area (Å²) in [6.07, 6.45) is 0. The molecule has 0 bridgehead atoms. The third kappa shape index (κ3) is 2.85. The van der Waals surface area contributed by atoms with Gasteiger partial charge in [0.15, 0.2) is 0 Å². The number of anilines is 2. The number of hydrogen-bond acceptors (Lipinski definition) is 2. The molecule has 0 unspecified atom stereocenters. The monoisotopic (exact) mass is 328 g/mol. The molecule has 0 aliphatic carbocycles. The van der Waals surface area contributed by atoms with Crippen molar-refractivity contribution in [2.75, 3.05) is 11.1 Å². The number of nitrogens with two attached hydrogens (primary N) is 1. The summed E-state index contributed by atoms with van der Waals surface area (Å²) < 4.78 is 0. The van der Waals surface area contributed by atoms with E-state index in [1.807, 2.05) is 6.92 Å². The lowest BCUT2D eigenvalue weighted by atomic mass is 10.1. The number of rotatable bonds is 2. The van der Waals surface area contributed by atoms with Crippen molar-refractivity contribution in [3.05, 3.63) is 56.5 Å². The predicted octanol–water partition coefficient (Wildman–Crippen LogP) is 4.79. The molecule has 2 aromatic carbocycles. The van der Waals surface area contributed by atoms with Gasteiger partial charge in [-0.1, -0.05) is 46.9 Å². The van der Waals surface area contributed by atoms with E-state index in [2.05, 4.69) is 5.32 Å². The van der Waals surface area contributed by atoms with Gasteiger partial charge in [-0.15, -0.1) is 0 Å². The Kier molecular flexibility index (Phi) is 4.43. The van der Waals surface area contributed by atoms with Gasteiger partial charge >= 0.3 is 0 Å². The van der Waals surface area contributed by atoms with Crippen LogP contribution in [-0.4, -0.2) is 5.91 Å². The number of hydrogen-bond donors (Lipinski definition) is 2. The number of carbonyl (C=O) groups excluding carboxylic acids is 1. The summed E-state index contributed by atoms with van der Waals surface area (Å²) in [5.41, 5.74) is 7.44.